The van der Waals surface area contributed by atoms with E-state index in [0.717, 1.165) is 9.75 Å². The minimum absolute atomic E-state index is 0.0402. The third-order valence-electron chi connectivity index (χ3n) is 2.99. The molecule has 1 aromatic rings. The number of carbonyl (C=O) groups excluding carboxylic acids is 3. The number of nitrogens with one attached hydrogen (secondary N) is 2. The molecule has 0 aliphatic heterocycles. The fourth-order valence-electron chi connectivity index (χ4n) is 1.89. The van der Waals surface area contributed by atoms with Gasteiger partial charge in [0, 0.05) is 41.8 Å². The molecule has 122 valence electrons. The van der Waals surface area contributed by atoms with Gasteiger partial charge in [-0.1, -0.05) is 0 Å². The van der Waals surface area contributed by atoms with E-state index in [9.17, 15) is 14.4 Å². The average Bonchev–Trinajstić information content (AvgIpc) is 2.81. The minimum Gasteiger partial charge on any atom is -0.383 e. The van der Waals surface area contributed by atoms with Crippen LogP contribution in [0.2, 0.25) is 0 Å². The van der Waals surface area contributed by atoms with Gasteiger partial charge < -0.3 is 15.4 Å². The summed E-state index contributed by atoms with van der Waals surface area (Å²) < 4.78 is 4.80. The Hall–Kier alpha value is -1.73. The van der Waals surface area contributed by atoms with Crippen LogP contribution in [-0.2, 0) is 14.3 Å². The predicted molar refractivity (Wildman–Crippen MR) is 85.3 cm³/mol. The van der Waals surface area contributed by atoms with Crippen molar-refractivity contribution in [2.45, 2.75) is 26.7 Å². The summed E-state index contributed by atoms with van der Waals surface area (Å²) in [7, 11) is 1.54. The van der Waals surface area contributed by atoms with Crippen LogP contribution in [-0.4, -0.2) is 44.4 Å². The second kappa shape index (κ2) is 9.32. The third kappa shape index (κ3) is 6.36. The van der Waals surface area contributed by atoms with E-state index < -0.39 is 0 Å². The minimum atomic E-state index is -0.306. The highest BCUT2D eigenvalue weighted by molar-refractivity contribution is 7.12. The Morgan fingerprint density at radius 1 is 1.14 bits per heavy atom. The van der Waals surface area contributed by atoms with E-state index in [0.29, 0.717) is 18.7 Å². The number of methoxy groups -OCH3 is 1. The summed E-state index contributed by atoms with van der Waals surface area (Å²) in [5.74, 6) is -0.623. The van der Waals surface area contributed by atoms with Crippen LogP contribution in [0.15, 0.2) is 6.07 Å². The first kappa shape index (κ1) is 18.3. The van der Waals surface area contributed by atoms with Crippen LogP contribution < -0.4 is 10.6 Å². The second-order valence-corrected chi connectivity index (χ2v) is 6.33. The van der Waals surface area contributed by atoms with Crippen LogP contribution in [0.4, 0.5) is 0 Å². The van der Waals surface area contributed by atoms with E-state index in [2.05, 4.69) is 10.6 Å². The summed E-state index contributed by atoms with van der Waals surface area (Å²) in [6.45, 7) is 4.58. The van der Waals surface area contributed by atoms with Crippen molar-refractivity contribution in [2.24, 2.45) is 0 Å². The maximum absolute atomic E-state index is 12.0. The number of rotatable bonds is 9. The molecule has 0 aliphatic carbocycles. The zero-order valence-electron chi connectivity index (χ0n) is 13.2. The SMILES string of the molecule is COCCNC(=O)CNC(=O)CCC(=O)c1cc(C)sc1C. The number of carbonyl (C=O) groups is 3. The van der Waals surface area contributed by atoms with E-state index in [-0.39, 0.29) is 37.0 Å². The Balaban J connectivity index is 2.27. The van der Waals surface area contributed by atoms with Gasteiger partial charge in [0.05, 0.1) is 13.2 Å². The lowest BCUT2D eigenvalue weighted by atomic mass is 10.1. The first-order valence-corrected chi connectivity index (χ1v) is 7.88. The molecule has 0 atom stereocenters. The maximum atomic E-state index is 12.0. The van der Waals surface area contributed by atoms with Crippen LogP contribution in [0.25, 0.3) is 0 Å². The average molecular weight is 326 g/mol. The highest BCUT2D eigenvalue weighted by Crippen LogP contribution is 2.22. The summed E-state index contributed by atoms with van der Waals surface area (Å²) in [4.78, 5) is 37.1. The molecule has 1 heterocycles. The van der Waals surface area contributed by atoms with Crippen LogP contribution in [0.5, 0.6) is 0 Å². The van der Waals surface area contributed by atoms with Crippen molar-refractivity contribution < 1.29 is 19.1 Å². The van der Waals surface area contributed by atoms with E-state index in [1.54, 1.807) is 18.4 Å². The molecule has 0 aromatic carbocycles. The molecule has 6 nitrogen and oxygen atoms in total. The maximum Gasteiger partial charge on any atom is 0.239 e. The zero-order chi connectivity index (χ0) is 16.5. The first-order chi connectivity index (χ1) is 10.4. The largest absolute Gasteiger partial charge is 0.383 e. The van der Waals surface area contributed by atoms with Gasteiger partial charge in [0.25, 0.3) is 0 Å². The molecule has 0 unspecified atom stereocenters. The van der Waals surface area contributed by atoms with Gasteiger partial charge in [-0.15, -0.1) is 11.3 Å². The van der Waals surface area contributed by atoms with Crippen molar-refractivity contribution in [1.82, 2.24) is 10.6 Å². The van der Waals surface area contributed by atoms with Gasteiger partial charge in [0.2, 0.25) is 11.8 Å². The van der Waals surface area contributed by atoms with Crippen molar-refractivity contribution in [2.75, 3.05) is 26.8 Å². The number of Topliss-reactive ketones (excluding diaryl/α,β-unsaturated/α-hetero) is 1. The van der Waals surface area contributed by atoms with E-state index in [1.165, 1.54) is 0 Å². The molecule has 0 radical (unpaired) electrons. The highest BCUT2D eigenvalue weighted by Gasteiger charge is 2.14. The summed E-state index contributed by atoms with van der Waals surface area (Å²) in [5.41, 5.74) is 0.688. The van der Waals surface area contributed by atoms with Gasteiger partial charge in [-0.25, -0.2) is 0 Å². The monoisotopic (exact) mass is 326 g/mol. The number of ether oxygens (including phenoxy) is 1. The Bertz CT molecular complexity index is 540. The number of ketones is 1. The van der Waals surface area contributed by atoms with Crippen LogP contribution in [0, 0.1) is 13.8 Å². The van der Waals surface area contributed by atoms with E-state index in [1.807, 2.05) is 19.9 Å². The van der Waals surface area contributed by atoms with Gasteiger partial charge in [0.15, 0.2) is 5.78 Å². The Labute approximate surface area is 134 Å². The molecule has 0 aliphatic rings. The molecule has 0 saturated carbocycles. The molecule has 2 amide bonds. The molecule has 7 heteroatoms. The summed E-state index contributed by atoms with van der Waals surface area (Å²) in [6, 6.07) is 1.85. The molecule has 2 N–H and O–H groups in total. The predicted octanol–water partition coefficient (Wildman–Crippen LogP) is 1.21. The lowest BCUT2D eigenvalue weighted by Gasteiger charge is -2.06. The van der Waals surface area contributed by atoms with Crippen molar-refractivity contribution in [1.29, 1.82) is 0 Å². The van der Waals surface area contributed by atoms with Crippen molar-refractivity contribution >= 4 is 28.9 Å². The van der Waals surface area contributed by atoms with Gasteiger partial charge in [-0.2, -0.15) is 0 Å². The number of amides is 2. The van der Waals surface area contributed by atoms with Crippen molar-refractivity contribution in [3.8, 4) is 0 Å². The summed E-state index contributed by atoms with van der Waals surface area (Å²) in [6.07, 6.45) is 0.229. The summed E-state index contributed by atoms with van der Waals surface area (Å²) >= 11 is 1.57. The van der Waals surface area contributed by atoms with Crippen LogP contribution >= 0.6 is 11.3 Å². The lowest BCUT2D eigenvalue weighted by molar-refractivity contribution is -0.126. The highest BCUT2D eigenvalue weighted by atomic mass is 32.1. The summed E-state index contributed by atoms with van der Waals surface area (Å²) in [5, 5.41) is 5.09. The van der Waals surface area contributed by atoms with Crippen LogP contribution in [0.3, 0.4) is 0 Å². The standard InChI is InChI=1S/C15H22N2O4S/c1-10-8-12(11(2)22-10)13(18)4-5-14(19)17-9-15(20)16-6-7-21-3/h8H,4-7,9H2,1-3H3,(H,16,20)(H,17,19). The molecule has 0 fully saturated rings. The Morgan fingerprint density at radius 3 is 2.45 bits per heavy atom. The van der Waals surface area contributed by atoms with Crippen molar-refractivity contribution in [3.63, 3.8) is 0 Å². The van der Waals surface area contributed by atoms with Gasteiger partial charge in [0.1, 0.15) is 0 Å². The number of hydrogen-bond donors (Lipinski definition) is 2. The molecule has 22 heavy (non-hydrogen) atoms. The topological polar surface area (TPSA) is 84.5 Å². The molecule has 0 bridgehead atoms. The van der Waals surface area contributed by atoms with Crippen molar-refractivity contribution in [3.05, 3.63) is 21.4 Å². The lowest BCUT2D eigenvalue weighted by Crippen LogP contribution is -2.38. The molecule has 0 spiro atoms. The number of aryl methyl sites for hydroxylation is 2. The molecule has 1 aromatic heterocycles. The normalized spacial score (nSPS) is 10.3. The number of hydrogen-bond acceptors (Lipinski definition) is 5. The molecule has 1 rings (SSSR count). The third-order valence-corrected chi connectivity index (χ3v) is 3.96. The fraction of sp³-hybridized carbons (Fsp3) is 0.533. The van der Waals surface area contributed by atoms with E-state index in [4.69, 9.17) is 4.74 Å². The quantitative estimate of drug-likeness (QED) is 0.528. The number of thiophene rings is 1. The van der Waals surface area contributed by atoms with Gasteiger partial charge >= 0.3 is 0 Å². The smallest absolute Gasteiger partial charge is 0.239 e. The fourth-order valence-corrected chi connectivity index (χ4v) is 2.83. The zero-order valence-corrected chi connectivity index (χ0v) is 14.0. The van der Waals surface area contributed by atoms with Crippen LogP contribution in [0.1, 0.15) is 33.0 Å². The molecular formula is C15H22N2O4S. The molecule has 0 saturated heterocycles. The Kier molecular flexibility index (Phi) is 7.76. The van der Waals surface area contributed by atoms with Gasteiger partial charge in [-0.3, -0.25) is 14.4 Å². The van der Waals surface area contributed by atoms with Gasteiger partial charge in [-0.05, 0) is 19.9 Å². The Morgan fingerprint density at radius 2 is 1.86 bits per heavy atom. The molecular weight excluding hydrogens is 304 g/mol. The first-order valence-electron chi connectivity index (χ1n) is 7.06. The second-order valence-electron chi connectivity index (χ2n) is 4.87. The van der Waals surface area contributed by atoms with E-state index >= 15 is 0 Å².